The molecule has 0 radical (unpaired) electrons. The molecule has 0 N–H and O–H groups in total. The van der Waals surface area contributed by atoms with Gasteiger partial charge >= 0.3 is 0 Å². The maximum atomic E-state index is 6.49. The van der Waals surface area contributed by atoms with Gasteiger partial charge in [0.2, 0.25) is 0 Å². The highest BCUT2D eigenvalue weighted by Gasteiger charge is 2.20. The minimum absolute atomic E-state index is 0.548. The molecule has 0 unspecified atom stereocenters. The molecule has 0 bridgehead atoms. The Labute approximate surface area is 344 Å². The van der Waals surface area contributed by atoms with Crippen LogP contribution in [0.5, 0.6) is 0 Å². The Balaban J connectivity index is 1.04. The van der Waals surface area contributed by atoms with Crippen LogP contribution in [0.1, 0.15) is 0 Å². The monoisotopic (exact) mass is 767 g/mol. The molecule has 12 rings (SSSR count). The van der Waals surface area contributed by atoms with Crippen molar-refractivity contribution >= 4 is 54.6 Å². The Hall–Kier alpha value is -8.15. The molecule has 0 aliphatic carbocycles. The summed E-state index contributed by atoms with van der Waals surface area (Å²) in [5.41, 5.74) is 12.7. The van der Waals surface area contributed by atoms with Crippen molar-refractivity contribution in [3.63, 3.8) is 0 Å². The lowest BCUT2D eigenvalue weighted by Gasteiger charge is -2.14. The Morgan fingerprint density at radius 2 is 0.867 bits per heavy atom. The summed E-state index contributed by atoms with van der Waals surface area (Å²) in [6, 6.07) is 69.4. The van der Waals surface area contributed by atoms with Crippen molar-refractivity contribution in [2.45, 2.75) is 0 Å². The molecule has 0 aliphatic rings. The lowest BCUT2D eigenvalue weighted by Crippen LogP contribution is -2.00. The maximum Gasteiger partial charge on any atom is 0.167 e. The highest BCUT2D eigenvalue weighted by Crippen LogP contribution is 2.44. The Kier molecular flexibility index (Phi) is 7.78. The Morgan fingerprint density at radius 3 is 1.65 bits per heavy atom. The van der Waals surface area contributed by atoms with Crippen LogP contribution in [0.25, 0.3) is 122 Å². The van der Waals surface area contributed by atoms with E-state index in [0.29, 0.717) is 17.5 Å². The zero-order chi connectivity index (χ0) is 39.6. The van der Waals surface area contributed by atoms with Gasteiger partial charge in [-0.3, -0.25) is 0 Å². The molecule has 0 fully saturated rings. The first-order valence-corrected chi connectivity index (χ1v) is 20.1. The van der Waals surface area contributed by atoms with Crippen molar-refractivity contribution in [3.05, 3.63) is 200 Å². The lowest BCUT2D eigenvalue weighted by molar-refractivity contribution is 0.669. The van der Waals surface area contributed by atoms with Crippen LogP contribution in [-0.4, -0.2) is 15.0 Å². The summed E-state index contributed by atoms with van der Waals surface area (Å²) in [5.74, 6) is 1.71. The molecule has 0 amide bonds. The summed E-state index contributed by atoms with van der Waals surface area (Å²) >= 11 is 0. The van der Waals surface area contributed by atoms with Gasteiger partial charge in [-0.2, -0.15) is 0 Å². The highest BCUT2D eigenvalue weighted by molar-refractivity contribution is 6.16. The molecule has 0 saturated heterocycles. The first-order valence-electron chi connectivity index (χ1n) is 20.1. The van der Waals surface area contributed by atoms with Gasteiger partial charge in [0.1, 0.15) is 22.3 Å². The zero-order valence-corrected chi connectivity index (χ0v) is 32.2. The van der Waals surface area contributed by atoms with E-state index in [4.69, 9.17) is 23.8 Å². The second kappa shape index (κ2) is 13.8. The van der Waals surface area contributed by atoms with Crippen LogP contribution in [0.3, 0.4) is 0 Å². The van der Waals surface area contributed by atoms with Gasteiger partial charge in [0, 0.05) is 38.2 Å². The van der Waals surface area contributed by atoms with E-state index < -0.39 is 0 Å². The molecule has 5 nitrogen and oxygen atoms in total. The van der Waals surface area contributed by atoms with Gasteiger partial charge in [0.25, 0.3) is 0 Å². The summed E-state index contributed by atoms with van der Waals surface area (Å²) in [5, 5.41) is 6.46. The lowest BCUT2D eigenvalue weighted by atomic mass is 9.89. The second-order valence-electron chi connectivity index (χ2n) is 15.1. The number of fused-ring (bicyclic) bond motifs is 7. The highest BCUT2D eigenvalue weighted by atomic mass is 16.3. The van der Waals surface area contributed by atoms with Crippen LogP contribution in [-0.2, 0) is 0 Å². The number of benzene rings is 9. The third-order valence-corrected chi connectivity index (χ3v) is 11.5. The predicted molar refractivity (Wildman–Crippen MR) is 245 cm³/mol. The van der Waals surface area contributed by atoms with Crippen molar-refractivity contribution in [1.82, 2.24) is 15.0 Å². The van der Waals surface area contributed by atoms with Crippen LogP contribution in [0.15, 0.2) is 209 Å². The second-order valence-corrected chi connectivity index (χ2v) is 15.1. The summed E-state index contributed by atoms with van der Waals surface area (Å²) in [6.45, 7) is 0. The van der Waals surface area contributed by atoms with E-state index in [1.54, 1.807) is 0 Å². The number of hydrogen-bond acceptors (Lipinski definition) is 5. The molecule has 3 aromatic heterocycles. The number of aromatic nitrogens is 3. The molecule has 60 heavy (non-hydrogen) atoms. The van der Waals surface area contributed by atoms with Gasteiger partial charge in [-0.1, -0.05) is 164 Å². The van der Waals surface area contributed by atoms with Crippen LogP contribution in [0.2, 0.25) is 0 Å². The minimum Gasteiger partial charge on any atom is -0.456 e. The molecule has 280 valence electrons. The normalized spacial score (nSPS) is 11.7. The fraction of sp³-hybridized carbons (Fsp3) is 0. The third-order valence-electron chi connectivity index (χ3n) is 11.5. The molecule has 0 spiro atoms. The average molecular weight is 768 g/mol. The molecular weight excluding hydrogens is 735 g/mol. The summed E-state index contributed by atoms with van der Waals surface area (Å²) in [7, 11) is 0. The van der Waals surface area contributed by atoms with E-state index in [1.807, 2.05) is 48.5 Å². The molecule has 5 heteroatoms. The van der Waals surface area contributed by atoms with E-state index in [0.717, 1.165) is 105 Å². The number of furan rings is 2. The van der Waals surface area contributed by atoms with E-state index in [2.05, 4.69) is 152 Å². The zero-order valence-electron chi connectivity index (χ0n) is 32.2. The molecular formula is C55H33N3O2. The predicted octanol–water partition coefficient (Wildman–Crippen LogP) is 14.8. The molecule has 3 heterocycles. The van der Waals surface area contributed by atoms with E-state index in [-0.39, 0.29) is 0 Å². The standard InChI is InChI=1S/C55H33N3O2/c1-3-12-34(13-4-1)35-22-26-38(27-23-35)53-56-54(58-55(57-53)46-19-11-18-44-43-16-7-9-20-47(43)60-52(44)46)40-29-25-36-24-28-39(32-41(36)33-40)50-42(37-14-5-2-6-15-37)30-31-49-51(50)45-17-8-10-21-48(45)59-49/h1-33H. The van der Waals surface area contributed by atoms with Crippen molar-refractivity contribution in [3.8, 4) is 67.5 Å². The van der Waals surface area contributed by atoms with Crippen LogP contribution in [0, 0.1) is 0 Å². The van der Waals surface area contributed by atoms with E-state index in [9.17, 15) is 0 Å². The first-order chi connectivity index (χ1) is 29.7. The minimum atomic E-state index is 0.548. The molecule has 12 aromatic rings. The SMILES string of the molecule is c1ccc(-c2ccc(-c3nc(-c4ccc5ccc(-c6c(-c7ccccc7)ccc7oc8ccccc8c67)cc5c4)nc(-c4cccc5c4oc4ccccc45)n3)cc2)cc1. The fourth-order valence-electron chi connectivity index (χ4n) is 8.64. The number of rotatable bonds is 6. The van der Waals surface area contributed by atoms with Crippen molar-refractivity contribution < 1.29 is 8.83 Å². The fourth-order valence-corrected chi connectivity index (χ4v) is 8.64. The summed E-state index contributed by atoms with van der Waals surface area (Å²) in [4.78, 5) is 15.5. The summed E-state index contributed by atoms with van der Waals surface area (Å²) in [6.07, 6.45) is 0. The average Bonchev–Trinajstić information content (AvgIpc) is 3.90. The summed E-state index contributed by atoms with van der Waals surface area (Å²) < 4.78 is 12.9. The first kappa shape index (κ1) is 33.9. The smallest absolute Gasteiger partial charge is 0.167 e. The van der Waals surface area contributed by atoms with Crippen LogP contribution >= 0.6 is 0 Å². The Morgan fingerprint density at radius 1 is 0.300 bits per heavy atom. The number of para-hydroxylation sites is 3. The van der Waals surface area contributed by atoms with Crippen LogP contribution < -0.4 is 0 Å². The largest absolute Gasteiger partial charge is 0.456 e. The molecule has 0 atom stereocenters. The quantitative estimate of drug-likeness (QED) is 0.169. The third kappa shape index (κ3) is 5.67. The van der Waals surface area contributed by atoms with Crippen molar-refractivity contribution in [1.29, 1.82) is 0 Å². The molecule has 0 aliphatic heterocycles. The van der Waals surface area contributed by atoms with Gasteiger partial charge in [-0.25, -0.2) is 15.0 Å². The van der Waals surface area contributed by atoms with E-state index >= 15 is 0 Å². The topological polar surface area (TPSA) is 65.0 Å². The van der Waals surface area contributed by atoms with Crippen molar-refractivity contribution in [2.75, 3.05) is 0 Å². The molecule has 0 saturated carbocycles. The maximum absolute atomic E-state index is 6.49. The number of nitrogens with zero attached hydrogens (tertiary/aromatic N) is 3. The van der Waals surface area contributed by atoms with Gasteiger partial charge < -0.3 is 8.83 Å². The Bertz CT molecular complexity index is 3590. The van der Waals surface area contributed by atoms with Gasteiger partial charge in [-0.05, 0) is 75.0 Å². The van der Waals surface area contributed by atoms with Crippen molar-refractivity contribution in [2.24, 2.45) is 0 Å². The molecule has 9 aromatic carbocycles. The van der Waals surface area contributed by atoms with Gasteiger partial charge in [0.05, 0.1) is 5.56 Å². The van der Waals surface area contributed by atoms with Gasteiger partial charge in [-0.15, -0.1) is 0 Å². The van der Waals surface area contributed by atoms with E-state index in [1.165, 1.54) is 0 Å². The number of hydrogen-bond donors (Lipinski definition) is 0. The van der Waals surface area contributed by atoms with Crippen LogP contribution in [0.4, 0.5) is 0 Å². The van der Waals surface area contributed by atoms with Gasteiger partial charge in [0.15, 0.2) is 17.5 Å².